The van der Waals surface area contributed by atoms with Crippen molar-refractivity contribution in [3.05, 3.63) is 46.8 Å². The second-order valence-corrected chi connectivity index (χ2v) is 5.59. The number of nitrogens with one attached hydrogen (secondary N) is 2. The molecule has 10 heteroatoms. The average molecular weight is 309 g/mol. The number of sulfonamides is 1. The molecular formula is C11H11N5O4S. The lowest BCUT2D eigenvalue weighted by Crippen LogP contribution is -2.14. The van der Waals surface area contributed by atoms with Crippen molar-refractivity contribution in [2.45, 2.75) is 4.90 Å². The average Bonchev–Trinajstić information content (AvgIpc) is 2.47. The minimum Gasteiger partial charge on any atom is -0.357 e. The number of non-ortho nitro benzene ring substituents is 1. The zero-order valence-corrected chi connectivity index (χ0v) is 11.7. The van der Waals surface area contributed by atoms with Gasteiger partial charge in [0, 0.05) is 19.2 Å². The van der Waals surface area contributed by atoms with Gasteiger partial charge in [-0.15, -0.1) is 0 Å². The summed E-state index contributed by atoms with van der Waals surface area (Å²) in [5.41, 5.74) is -0.126. The molecule has 21 heavy (non-hydrogen) atoms. The van der Waals surface area contributed by atoms with Crippen molar-refractivity contribution in [1.82, 2.24) is 9.97 Å². The van der Waals surface area contributed by atoms with Crippen molar-refractivity contribution in [1.29, 1.82) is 0 Å². The summed E-state index contributed by atoms with van der Waals surface area (Å²) in [6, 6.07) is 5.19. The Hall–Kier alpha value is -2.75. The molecule has 1 aromatic heterocycles. The fourth-order valence-corrected chi connectivity index (χ4v) is 2.42. The maximum absolute atomic E-state index is 12.1. The van der Waals surface area contributed by atoms with Gasteiger partial charge in [-0.1, -0.05) is 6.07 Å². The Kier molecular flexibility index (Phi) is 3.98. The molecule has 0 bridgehead atoms. The van der Waals surface area contributed by atoms with Crippen LogP contribution in [0.4, 0.5) is 17.3 Å². The van der Waals surface area contributed by atoms with E-state index in [4.69, 9.17) is 0 Å². The molecule has 0 radical (unpaired) electrons. The van der Waals surface area contributed by atoms with Gasteiger partial charge in [-0.3, -0.25) is 14.8 Å². The minimum atomic E-state index is -3.91. The Balaban J connectivity index is 2.28. The molecule has 0 aliphatic rings. The zero-order valence-electron chi connectivity index (χ0n) is 10.8. The number of benzene rings is 1. The number of anilines is 2. The highest BCUT2D eigenvalue weighted by Gasteiger charge is 2.16. The van der Waals surface area contributed by atoms with E-state index >= 15 is 0 Å². The molecule has 0 saturated heterocycles. The first-order valence-electron chi connectivity index (χ1n) is 5.69. The van der Waals surface area contributed by atoms with Gasteiger partial charge in [-0.05, 0) is 6.07 Å². The van der Waals surface area contributed by atoms with Crippen LogP contribution < -0.4 is 10.0 Å². The molecule has 0 aliphatic carbocycles. The monoisotopic (exact) mass is 309 g/mol. The van der Waals surface area contributed by atoms with Crippen molar-refractivity contribution < 1.29 is 13.3 Å². The van der Waals surface area contributed by atoms with Crippen LogP contribution in [0.2, 0.25) is 0 Å². The molecular weight excluding hydrogens is 298 g/mol. The highest BCUT2D eigenvalue weighted by Crippen LogP contribution is 2.20. The van der Waals surface area contributed by atoms with E-state index < -0.39 is 14.9 Å². The predicted molar refractivity (Wildman–Crippen MR) is 75.5 cm³/mol. The Morgan fingerprint density at radius 3 is 2.48 bits per heavy atom. The maximum Gasteiger partial charge on any atom is 0.271 e. The van der Waals surface area contributed by atoms with E-state index in [9.17, 15) is 18.5 Å². The SMILES string of the molecule is CNc1ncc(S(=O)(=O)Nc2cccc([N+](=O)[O-])c2)cn1. The van der Waals surface area contributed by atoms with E-state index in [-0.39, 0.29) is 22.2 Å². The number of hydrogen-bond donors (Lipinski definition) is 2. The van der Waals surface area contributed by atoms with Crippen LogP contribution in [0.3, 0.4) is 0 Å². The first-order chi connectivity index (χ1) is 9.92. The molecule has 0 spiro atoms. The van der Waals surface area contributed by atoms with Crippen LogP contribution >= 0.6 is 0 Å². The molecule has 0 saturated carbocycles. The first-order valence-corrected chi connectivity index (χ1v) is 7.18. The fraction of sp³-hybridized carbons (Fsp3) is 0.0909. The van der Waals surface area contributed by atoms with E-state index in [0.29, 0.717) is 0 Å². The van der Waals surface area contributed by atoms with Gasteiger partial charge in [-0.25, -0.2) is 18.4 Å². The van der Waals surface area contributed by atoms with Gasteiger partial charge in [0.15, 0.2) is 0 Å². The molecule has 0 aliphatic heterocycles. The van der Waals surface area contributed by atoms with Crippen LogP contribution in [0.1, 0.15) is 0 Å². The van der Waals surface area contributed by atoms with Crippen molar-refractivity contribution in [3.8, 4) is 0 Å². The van der Waals surface area contributed by atoms with Crippen LogP contribution in [-0.4, -0.2) is 30.4 Å². The number of nitrogens with zero attached hydrogens (tertiary/aromatic N) is 3. The van der Waals surface area contributed by atoms with E-state index in [1.54, 1.807) is 7.05 Å². The summed E-state index contributed by atoms with van der Waals surface area (Å²) < 4.78 is 26.4. The van der Waals surface area contributed by atoms with Gasteiger partial charge in [0.05, 0.1) is 23.0 Å². The Morgan fingerprint density at radius 1 is 1.24 bits per heavy atom. The van der Waals surface area contributed by atoms with E-state index in [2.05, 4.69) is 20.0 Å². The molecule has 1 heterocycles. The smallest absolute Gasteiger partial charge is 0.271 e. The predicted octanol–water partition coefficient (Wildman–Crippen LogP) is 1.23. The maximum atomic E-state index is 12.1. The third-order valence-corrected chi connectivity index (χ3v) is 3.81. The lowest BCUT2D eigenvalue weighted by molar-refractivity contribution is -0.384. The Labute approximate surface area is 120 Å². The van der Waals surface area contributed by atoms with E-state index in [0.717, 1.165) is 18.5 Å². The lowest BCUT2D eigenvalue weighted by atomic mass is 10.3. The molecule has 2 rings (SSSR count). The Bertz CT molecular complexity index is 760. The molecule has 1 aromatic carbocycles. The topological polar surface area (TPSA) is 127 Å². The van der Waals surface area contributed by atoms with Crippen LogP contribution in [0.15, 0.2) is 41.6 Å². The summed E-state index contributed by atoms with van der Waals surface area (Å²) in [6.45, 7) is 0. The standard InChI is InChI=1S/C11H11N5O4S/c1-12-11-13-6-10(7-14-11)21(19,20)15-8-3-2-4-9(5-8)16(17)18/h2-7,15H,1H3,(H,12,13,14). The number of aromatic nitrogens is 2. The minimum absolute atomic E-state index is 0.0851. The summed E-state index contributed by atoms with van der Waals surface area (Å²) in [7, 11) is -2.30. The summed E-state index contributed by atoms with van der Waals surface area (Å²) in [6.07, 6.45) is 2.27. The molecule has 0 unspecified atom stereocenters. The van der Waals surface area contributed by atoms with Gasteiger partial charge < -0.3 is 5.32 Å². The molecule has 110 valence electrons. The molecule has 2 N–H and O–H groups in total. The lowest BCUT2D eigenvalue weighted by Gasteiger charge is -2.07. The van der Waals surface area contributed by atoms with Crippen LogP contribution in [0, 0.1) is 10.1 Å². The van der Waals surface area contributed by atoms with Crippen LogP contribution in [-0.2, 0) is 10.0 Å². The quantitative estimate of drug-likeness (QED) is 0.628. The fourth-order valence-electron chi connectivity index (χ4n) is 1.48. The van der Waals surface area contributed by atoms with Crippen LogP contribution in [0.5, 0.6) is 0 Å². The summed E-state index contributed by atoms with van der Waals surface area (Å²) in [4.78, 5) is 17.5. The molecule has 9 nitrogen and oxygen atoms in total. The Morgan fingerprint density at radius 2 is 1.90 bits per heavy atom. The molecule has 0 atom stereocenters. The van der Waals surface area contributed by atoms with Crippen LogP contribution in [0.25, 0.3) is 0 Å². The van der Waals surface area contributed by atoms with Gasteiger partial charge in [0.1, 0.15) is 4.90 Å². The number of nitro benzene ring substituents is 1. The third-order valence-electron chi connectivity index (χ3n) is 2.47. The molecule has 0 amide bonds. The van der Waals surface area contributed by atoms with Gasteiger partial charge >= 0.3 is 0 Å². The zero-order chi connectivity index (χ0) is 15.5. The largest absolute Gasteiger partial charge is 0.357 e. The van der Waals surface area contributed by atoms with Crippen molar-refractivity contribution in [2.75, 3.05) is 17.1 Å². The molecule has 0 fully saturated rings. The van der Waals surface area contributed by atoms with Gasteiger partial charge in [-0.2, -0.15) is 0 Å². The number of rotatable bonds is 5. The summed E-state index contributed by atoms with van der Waals surface area (Å²) in [5.74, 6) is 0.282. The van der Waals surface area contributed by atoms with Gasteiger partial charge in [0.2, 0.25) is 5.95 Å². The van der Waals surface area contributed by atoms with Crippen molar-refractivity contribution in [2.24, 2.45) is 0 Å². The number of nitro groups is 1. The van der Waals surface area contributed by atoms with Crippen molar-refractivity contribution in [3.63, 3.8) is 0 Å². The summed E-state index contributed by atoms with van der Waals surface area (Å²) >= 11 is 0. The van der Waals surface area contributed by atoms with E-state index in [1.807, 2.05) is 0 Å². The second kappa shape index (κ2) is 5.71. The second-order valence-electron chi connectivity index (χ2n) is 3.91. The van der Waals surface area contributed by atoms with Crippen molar-refractivity contribution >= 4 is 27.3 Å². The number of hydrogen-bond acceptors (Lipinski definition) is 7. The first kappa shape index (κ1) is 14.7. The van der Waals surface area contributed by atoms with Gasteiger partial charge in [0.25, 0.3) is 15.7 Å². The summed E-state index contributed by atoms with van der Waals surface area (Å²) in [5, 5.41) is 13.3. The van der Waals surface area contributed by atoms with E-state index in [1.165, 1.54) is 18.2 Å². The highest BCUT2D eigenvalue weighted by atomic mass is 32.2. The molecule has 2 aromatic rings. The normalized spacial score (nSPS) is 10.9. The highest BCUT2D eigenvalue weighted by molar-refractivity contribution is 7.92. The third kappa shape index (κ3) is 3.42.